The van der Waals surface area contributed by atoms with Crippen LogP contribution in [0.2, 0.25) is 5.02 Å². The van der Waals surface area contributed by atoms with E-state index in [-0.39, 0.29) is 12.3 Å². The van der Waals surface area contributed by atoms with Crippen LogP contribution in [0.4, 0.5) is 16.2 Å². The van der Waals surface area contributed by atoms with Crippen molar-refractivity contribution in [1.29, 1.82) is 0 Å². The number of methoxy groups -OCH3 is 2. The smallest absolute Gasteiger partial charge is 0.337 e. The number of anilines is 2. The molecule has 0 radical (unpaired) electrons. The van der Waals surface area contributed by atoms with Crippen molar-refractivity contribution in [3.63, 3.8) is 0 Å². The molecule has 4 rings (SSSR count). The Morgan fingerprint density at radius 1 is 0.977 bits per heavy atom. The highest BCUT2D eigenvalue weighted by molar-refractivity contribution is 6.33. The van der Waals surface area contributed by atoms with E-state index in [1.807, 2.05) is 0 Å². The molecule has 12 heteroatoms. The van der Waals surface area contributed by atoms with E-state index in [2.05, 4.69) is 10.6 Å². The third kappa shape index (κ3) is 8.16. The molecule has 0 bridgehead atoms. The molecule has 1 saturated heterocycles. The summed E-state index contributed by atoms with van der Waals surface area (Å²) in [6.45, 7) is 1.74. The summed E-state index contributed by atoms with van der Waals surface area (Å²) < 4.78 is 21.7. The highest BCUT2D eigenvalue weighted by Gasteiger charge is 2.38. The summed E-state index contributed by atoms with van der Waals surface area (Å²) in [4.78, 5) is 51.3. The van der Waals surface area contributed by atoms with E-state index in [9.17, 15) is 19.2 Å². The van der Waals surface area contributed by atoms with Gasteiger partial charge in [-0.1, -0.05) is 29.8 Å². The number of amides is 3. The van der Waals surface area contributed by atoms with Crippen LogP contribution < -0.4 is 20.1 Å². The first-order valence-corrected chi connectivity index (χ1v) is 13.9. The minimum Gasteiger partial charge on any atom is -0.495 e. The molecule has 1 fully saturated rings. The fourth-order valence-electron chi connectivity index (χ4n) is 4.71. The second-order valence-corrected chi connectivity index (χ2v) is 10.1. The summed E-state index contributed by atoms with van der Waals surface area (Å²) >= 11 is 6.12. The first-order valence-electron chi connectivity index (χ1n) is 13.5. The van der Waals surface area contributed by atoms with Gasteiger partial charge in [-0.15, -0.1) is 0 Å². The number of para-hydroxylation sites is 1. The van der Waals surface area contributed by atoms with Crippen molar-refractivity contribution < 1.29 is 38.1 Å². The quantitative estimate of drug-likeness (QED) is 0.234. The molecule has 1 aliphatic rings. The summed E-state index contributed by atoms with van der Waals surface area (Å²) in [7, 11) is 2.76. The number of carbonyl (C=O) groups excluding carboxylic acids is 4. The SMILES string of the molecule is COC(=O)c1ccc(OC(OC(C)=O)[C@@H]2CCCN2C(=O)Cc2ccc(NC(=O)Nc3ccccc3Cl)c(OC)c2)cc1. The predicted octanol–water partition coefficient (Wildman–Crippen LogP) is 5.28. The normalized spacial score (nSPS) is 14.8. The van der Waals surface area contributed by atoms with Gasteiger partial charge in [0.25, 0.3) is 6.29 Å². The maximum atomic E-state index is 13.5. The third-order valence-electron chi connectivity index (χ3n) is 6.74. The van der Waals surface area contributed by atoms with Crippen LogP contribution in [0.3, 0.4) is 0 Å². The maximum absolute atomic E-state index is 13.5. The number of hydrogen-bond acceptors (Lipinski definition) is 8. The van der Waals surface area contributed by atoms with E-state index in [0.29, 0.717) is 58.4 Å². The Labute approximate surface area is 254 Å². The first-order chi connectivity index (χ1) is 20.7. The Morgan fingerprint density at radius 2 is 1.70 bits per heavy atom. The number of halogens is 1. The average molecular weight is 610 g/mol. The number of rotatable bonds is 10. The lowest BCUT2D eigenvalue weighted by molar-refractivity contribution is -0.172. The Bertz CT molecular complexity index is 1480. The molecular formula is C31H32ClN3O8. The number of carbonyl (C=O) groups is 4. The molecule has 2 N–H and O–H groups in total. The lowest BCUT2D eigenvalue weighted by Gasteiger charge is -2.31. The first kappa shape index (κ1) is 31.2. The molecule has 43 heavy (non-hydrogen) atoms. The molecule has 2 atom stereocenters. The van der Waals surface area contributed by atoms with Crippen LogP contribution in [0.15, 0.2) is 66.7 Å². The highest BCUT2D eigenvalue weighted by Crippen LogP contribution is 2.29. The van der Waals surface area contributed by atoms with E-state index in [1.165, 1.54) is 33.3 Å². The molecule has 0 aliphatic carbocycles. The van der Waals surface area contributed by atoms with Crippen molar-refractivity contribution in [2.75, 3.05) is 31.4 Å². The molecule has 1 unspecified atom stereocenters. The van der Waals surface area contributed by atoms with Crippen molar-refractivity contribution in [3.8, 4) is 11.5 Å². The molecule has 0 saturated carbocycles. The molecule has 0 spiro atoms. The van der Waals surface area contributed by atoms with Gasteiger partial charge in [-0.25, -0.2) is 9.59 Å². The topological polar surface area (TPSA) is 132 Å². The van der Waals surface area contributed by atoms with Crippen LogP contribution in [-0.4, -0.2) is 61.9 Å². The van der Waals surface area contributed by atoms with Gasteiger partial charge < -0.3 is 34.5 Å². The van der Waals surface area contributed by atoms with Crippen LogP contribution in [0.5, 0.6) is 11.5 Å². The fourth-order valence-corrected chi connectivity index (χ4v) is 4.90. The number of nitrogens with zero attached hydrogens (tertiary/aromatic N) is 1. The van der Waals surface area contributed by atoms with Crippen LogP contribution in [0.1, 0.15) is 35.7 Å². The molecule has 226 valence electrons. The zero-order valence-electron chi connectivity index (χ0n) is 23.9. The van der Waals surface area contributed by atoms with Crippen LogP contribution in [0.25, 0.3) is 0 Å². The molecule has 1 heterocycles. The van der Waals surface area contributed by atoms with Crippen molar-refractivity contribution in [2.45, 2.75) is 38.5 Å². The highest BCUT2D eigenvalue weighted by atomic mass is 35.5. The van der Waals surface area contributed by atoms with Gasteiger partial charge in [0, 0.05) is 13.5 Å². The molecule has 3 amide bonds. The van der Waals surface area contributed by atoms with Crippen LogP contribution in [0, 0.1) is 0 Å². The van der Waals surface area contributed by atoms with Crippen molar-refractivity contribution >= 4 is 46.9 Å². The zero-order valence-corrected chi connectivity index (χ0v) is 24.7. The van der Waals surface area contributed by atoms with Gasteiger partial charge in [-0.05, 0) is 66.9 Å². The minimum absolute atomic E-state index is 0.0412. The van der Waals surface area contributed by atoms with Crippen LogP contribution >= 0.6 is 11.6 Å². The Kier molecular flexibility index (Phi) is 10.4. The van der Waals surface area contributed by atoms with Gasteiger partial charge >= 0.3 is 18.0 Å². The fraction of sp³-hybridized carbons (Fsp3) is 0.290. The van der Waals surface area contributed by atoms with Gasteiger partial charge in [0.15, 0.2) is 0 Å². The Balaban J connectivity index is 1.43. The second-order valence-electron chi connectivity index (χ2n) is 9.68. The van der Waals surface area contributed by atoms with Gasteiger partial charge in [-0.2, -0.15) is 0 Å². The zero-order chi connectivity index (χ0) is 30.9. The van der Waals surface area contributed by atoms with E-state index in [4.69, 9.17) is 30.5 Å². The van der Waals surface area contributed by atoms with Gasteiger partial charge in [-0.3, -0.25) is 9.59 Å². The molecule has 0 aromatic heterocycles. The number of ether oxygens (including phenoxy) is 4. The molecular weight excluding hydrogens is 578 g/mol. The molecule has 1 aliphatic heterocycles. The minimum atomic E-state index is -1.05. The Morgan fingerprint density at radius 3 is 2.37 bits per heavy atom. The Hall–Kier alpha value is -4.77. The molecule has 3 aromatic carbocycles. The average Bonchev–Trinajstić information content (AvgIpc) is 3.49. The monoisotopic (exact) mass is 609 g/mol. The third-order valence-corrected chi connectivity index (χ3v) is 7.06. The largest absolute Gasteiger partial charge is 0.495 e. The summed E-state index contributed by atoms with van der Waals surface area (Å²) in [6, 6.07) is 17.1. The number of esters is 2. The molecule has 3 aromatic rings. The number of likely N-dealkylation sites (tertiary alicyclic amines) is 1. The number of urea groups is 1. The van der Waals surface area contributed by atoms with Crippen molar-refractivity contribution in [3.05, 3.63) is 82.9 Å². The maximum Gasteiger partial charge on any atom is 0.337 e. The van der Waals surface area contributed by atoms with Gasteiger partial charge in [0.1, 0.15) is 17.5 Å². The number of hydrogen-bond donors (Lipinski definition) is 2. The summed E-state index contributed by atoms with van der Waals surface area (Å²) in [5.74, 6) is -0.499. The second kappa shape index (κ2) is 14.4. The van der Waals surface area contributed by atoms with E-state index in [1.54, 1.807) is 59.5 Å². The predicted molar refractivity (Wildman–Crippen MR) is 159 cm³/mol. The lowest BCUT2D eigenvalue weighted by Crippen LogP contribution is -2.47. The van der Waals surface area contributed by atoms with Crippen LogP contribution in [-0.2, 0) is 25.5 Å². The summed E-state index contributed by atoms with van der Waals surface area (Å²) in [6.07, 6.45) is 0.257. The standard InChI is InChI=1S/C31H32ClN3O8/c1-19(36)42-30(43-22-13-11-21(12-14-22)29(38)41-3)26-9-6-16-35(26)28(37)18-20-10-15-25(27(17-20)40-2)34-31(39)33-24-8-5-4-7-23(24)32/h4-5,7-8,10-15,17,26,30H,6,9,16,18H2,1-3H3,(H2,33,34,39)/t26-,30?/m0/s1. The number of benzene rings is 3. The van der Waals surface area contributed by atoms with Crippen molar-refractivity contribution in [1.82, 2.24) is 4.90 Å². The molecule has 11 nitrogen and oxygen atoms in total. The van der Waals surface area contributed by atoms with Gasteiger partial charge in [0.2, 0.25) is 5.91 Å². The van der Waals surface area contributed by atoms with E-state index >= 15 is 0 Å². The van der Waals surface area contributed by atoms with Gasteiger partial charge in [0.05, 0.1) is 42.6 Å². The van der Waals surface area contributed by atoms with E-state index < -0.39 is 30.3 Å². The number of nitrogens with one attached hydrogen (secondary N) is 2. The summed E-state index contributed by atoms with van der Waals surface area (Å²) in [5, 5.41) is 5.81. The lowest BCUT2D eigenvalue weighted by atomic mass is 10.1. The van der Waals surface area contributed by atoms with Crippen molar-refractivity contribution in [2.24, 2.45) is 0 Å². The van der Waals surface area contributed by atoms with E-state index in [0.717, 1.165) is 0 Å². The summed E-state index contributed by atoms with van der Waals surface area (Å²) in [5.41, 5.74) is 1.86.